The molecule has 1 fully saturated rings. The van der Waals surface area contributed by atoms with Gasteiger partial charge in [-0.3, -0.25) is 4.79 Å². The average Bonchev–Trinajstić information content (AvgIpc) is 2.91. The van der Waals surface area contributed by atoms with Gasteiger partial charge in [0.1, 0.15) is 0 Å². The van der Waals surface area contributed by atoms with Crippen LogP contribution in [0.4, 0.5) is 0 Å². The molecule has 1 aliphatic rings. The molecule has 5 nitrogen and oxygen atoms in total. The second kappa shape index (κ2) is 6.01. The van der Waals surface area contributed by atoms with Gasteiger partial charge in [0.05, 0.1) is 10.3 Å². The second-order valence-corrected chi connectivity index (χ2v) is 8.27. The molecule has 0 bridgehead atoms. The summed E-state index contributed by atoms with van der Waals surface area (Å²) < 4.78 is 26.5. The van der Waals surface area contributed by atoms with Crippen LogP contribution in [-0.4, -0.2) is 36.9 Å². The number of sulfonamides is 1. The Morgan fingerprint density at radius 1 is 1.36 bits per heavy atom. The van der Waals surface area contributed by atoms with E-state index in [-0.39, 0.29) is 18.0 Å². The molecule has 1 saturated heterocycles. The summed E-state index contributed by atoms with van der Waals surface area (Å²) in [6.45, 7) is 6.06. The van der Waals surface area contributed by atoms with E-state index in [4.69, 9.17) is 0 Å². The Labute approximate surface area is 132 Å². The zero-order valence-electron chi connectivity index (χ0n) is 13.2. The first-order valence-electron chi connectivity index (χ1n) is 7.54. The molecule has 0 aromatic heterocycles. The lowest BCUT2D eigenvalue weighted by Crippen LogP contribution is -2.34. The molecule has 2 unspecified atom stereocenters. The standard InChI is InChI=1S/C16H23NO4S/c1-4-12(2)13-5-7-14(8-6-13)22(20,21)17-10-9-16(3,11-17)15(18)19/h5-8,12H,4,9-11H2,1-3H3,(H,18,19). The highest BCUT2D eigenvalue weighted by Crippen LogP contribution is 2.34. The Morgan fingerprint density at radius 2 is 1.95 bits per heavy atom. The van der Waals surface area contributed by atoms with E-state index in [0.717, 1.165) is 12.0 Å². The van der Waals surface area contributed by atoms with Crippen LogP contribution in [0.2, 0.25) is 0 Å². The molecular formula is C16H23NO4S. The third-order valence-electron chi connectivity index (χ3n) is 4.65. The Kier molecular flexibility index (Phi) is 4.63. The quantitative estimate of drug-likeness (QED) is 0.903. The number of rotatable bonds is 5. The Balaban J connectivity index is 2.23. The van der Waals surface area contributed by atoms with Gasteiger partial charge in [-0.15, -0.1) is 0 Å². The Bertz CT molecular complexity index is 653. The summed E-state index contributed by atoms with van der Waals surface area (Å²) in [4.78, 5) is 11.5. The number of carboxylic acids is 1. The fourth-order valence-electron chi connectivity index (χ4n) is 2.65. The summed E-state index contributed by atoms with van der Waals surface area (Å²) in [5.74, 6) is -0.559. The van der Waals surface area contributed by atoms with Crippen molar-refractivity contribution in [1.82, 2.24) is 4.31 Å². The molecule has 1 aliphatic heterocycles. The number of nitrogens with zero attached hydrogens (tertiary/aromatic N) is 1. The zero-order valence-corrected chi connectivity index (χ0v) is 14.1. The van der Waals surface area contributed by atoms with E-state index in [9.17, 15) is 18.3 Å². The van der Waals surface area contributed by atoms with Crippen molar-refractivity contribution >= 4 is 16.0 Å². The van der Waals surface area contributed by atoms with Crippen LogP contribution in [0.5, 0.6) is 0 Å². The predicted molar refractivity (Wildman–Crippen MR) is 84.3 cm³/mol. The van der Waals surface area contributed by atoms with Crippen LogP contribution >= 0.6 is 0 Å². The van der Waals surface area contributed by atoms with E-state index >= 15 is 0 Å². The van der Waals surface area contributed by atoms with Crippen molar-refractivity contribution in [3.05, 3.63) is 29.8 Å². The maximum atomic E-state index is 12.6. The van der Waals surface area contributed by atoms with Gasteiger partial charge in [0, 0.05) is 13.1 Å². The molecule has 0 aliphatic carbocycles. The summed E-state index contributed by atoms with van der Waals surface area (Å²) in [5.41, 5.74) is 0.113. The molecule has 2 rings (SSSR count). The SMILES string of the molecule is CCC(C)c1ccc(S(=O)(=O)N2CCC(C)(C(=O)O)C2)cc1. The molecule has 1 aromatic rings. The summed E-state index contributed by atoms with van der Waals surface area (Å²) in [6, 6.07) is 6.92. The predicted octanol–water partition coefficient (Wildman–Crippen LogP) is 2.69. The smallest absolute Gasteiger partial charge is 0.310 e. The minimum Gasteiger partial charge on any atom is -0.481 e. The van der Waals surface area contributed by atoms with Crippen LogP contribution in [0.3, 0.4) is 0 Å². The van der Waals surface area contributed by atoms with Crippen molar-refractivity contribution in [2.24, 2.45) is 5.41 Å². The molecule has 0 spiro atoms. The van der Waals surface area contributed by atoms with Crippen molar-refractivity contribution in [1.29, 1.82) is 0 Å². The molecule has 1 N–H and O–H groups in total. The van der Waals surface area contributed by atoms with Crippen molar-refractivity contribution in [2.45, 2.75) is 44.4 Å². The monoisotopic (exact) mass is 325 g/mol. The molecule has 122 valence electrons. The molecule has 0 radical (unpaired) electrons. The highest BCUT2D eigenvalue weighted by Gasteiger charge is 2.44. The van der Waals surface area contributed by atoms with Crippen LogP contribution in [0.15, 0.2) is 29.2 Å². The summed E-state index contributed by atoms with van der Waals surface area (Å²) >= 11 is 0. The fourth-order valence-corrected chi connectivity index (χ4v) is 4.22. The van der Waals surface area contributed by atoms with Gasteiger partial charge in [-0.05, 0) is 43.4 Å². The number of aliphatic carboxylic acids is 1. The molecule has 1 heterocycles. The van der Waals surface area contributed by atoms with E-state index in [1.54, 1.807) is 19.1 Å². The molecule has 1 aromatic carbocycles. The van der Waals surface area contributed by atoms with Crippen molar-refractivity contribution < 1.29 is 18.3 Å². The van der Waals surface area contributed by atoms with Gasteiger partial charge in [0.2, 0.25) is 10.0 Å². The van der Waals surface area contributed by atoms with Crippen molar-refractivity contribution in [2.75, 3.05) is 13.1 Å². The van der Waals surface area contributed by atoms with Gasteiger partial charge in [-0.1, -0.05) is 26.0 Å². The number of hydrogen-bond acceptors (Lipinski definition) is 3. The minimum atomic E-state index is -3.62. The first-order chi connectivity index (χ1) is 10.2. The third-order valence-corrected chi connectivity index (χ3v) is 6.51. The van der Waals surface area contributed by atoms with Crippen LogP contribution in [0.25, 0.3) is 0 Å². The topological polar surface area (TPSA) is 74.7 Å². The van der Waals surface area contributed by atoms with Gasteiger partial charge in [-0.2, -0.15) is 4.31 Å². The Hall–Kier alpha value is -1.40. The number of hydrogen-bond donors (Lipinski definition) is 1. The van der Waals surface area contributed by atoms with E-state index < -0.39 is 21.4 Å². The van der Waals surface area contributed by atoms with Gasteiger partial charge < -0.3 is 5.11 Å². The molecule has 22 heavy (non-hydrogen) atoms. The third kappa shape index (κ3) is 3.03. The van der Waals surface area contributed by atoms with Gasteiger partial charge in [0.15, 0.2) is 0 Å². The van der Waals surface area contributed by atoms with E-state index in [1.165, 1.54) is 4.31 Å². The first-order valence-corrected chi connectivity index (χ1v) is 8.98. The lowest BCUT2D eigenvalue weighted by molar-refractivity contribution is -0.146. The Morgan fingerprint density at radius 3 is 2.41 bits per heavy atom. The van der Waals surface area contributed by atoms with E-state index in [0.29, 0.717) is 12.3 Å². The summed E-state index contributed by atoms with van der Waals surface area (Å²) in [7, 11) is -3.62. The molecule has 0 saturated carbocycles. The molecule has 0 amide bonds. The van der Waals surface area contributed by atoms with Gasteiger partial charge in [0.25, 0.3) is 0 Å². The zero-order chi connectivity index (χ0) is 16.5. The second-order valence-electron chi connectivity index (χ2n) is 6.33. The maximum absolute atomic E-state index is 12.6. The van der Waals surface area contributed by atoms with Crippen LogP contribution in [0, 0.1) is 5.41 Å². The summed E-state index contributed by atoms with van der Waals surface area (Å²) in [5, 5.41) is 9.23. The van der Waals surface area contributed by atoms with Crippen LogP contribution in [-0.2, 0) is 14.8 Å². The van der Waals surface area contributed by atoms with Crippen molar-refractivity contribution in [3.63, 3.8) is 0 Å². The lowest BCUT2D eigenvalue weighted by atomic mass is 9.90. The van der Waals surface area contributed by atoms with Gasteiger partial charge >= 0.3 is 5.97 Å². The normalized spacial score (nSPS) is 24.3. The average molecular weight is 325 g/mol. The van der Waals surface area contributed by atoms with Gasteiger partial charge in [-0.25, -0.2) is 8.42 Å². The fraction of sp³-hybridized carbons (Fsp3) is 0.562. The van der Waals surface area contributed by atoms with E-state index in [1.807, 2.05) is 12.1 Å². The van der Waals surface area contributed by atoms with E-state index in [2.05, 4.69) is 13.8 Å². The molecule has 6 heteroatoms. The highest BCUT2D eigenvalue weighted by atomic mass is 32.2. The minimum absolute atomic E-state index is 0.0256. The number of benzene rings is 1. The summed E-state index contributed by atoms with van der Waals surface area (Å²) in [6.07, 6.45) is 1.34. The maximum Gasteiger partial charge on any atom is 0.310 e. The molecule has 2 atom stereocenters. The number of carbonyl (C=O) groups is 1. The lowest BCUT2D eigenvalue weighted by Gasteiger charge is -2.20. The van der Waals surface area contributed by atoms with Crippen molar-refractivity contribution in [3.8, 4) is 0 Å². The number of carboxylic acid groups (broad SMARTS) is 1. The first kappa shape index (κ1) is 17.0. The molecular weight excluding hydrogens is 302 g/mol. The van der Waals surface area contributed by atoms with Crippen LogP contribution in [0.1, 0.15) is 45.1 Å². The largest absolute Gasteiger partial charge is 0.481 e. The van der Waals surface area contributed by atoms with Crippen LogP contribution < -0.4 is 0 Å². The highest BCUT2D eigenvalue weighted by molar-refractivity contribution is 7.89.